The van der Waals surface area contributed by atoms with Gasteiger partial charge in [-0.15, -0.1) is 0 Å². The molecule has 1 saturated heterocycles. The lowest BCUT2D eigenvalue weighted by Gasteiger charge is -2.13. The molecule has 0 unspecified atom stereocenters. The van der Waals surface area contributed by atoms with Crippen molar-refractivity contribution in [2.45, 2.75) is 0 Å². The lowest BCUT2D eigenvalue weighted by molar-refractivity contribution is -0.124. The number of rotatable bonds is 7. The van der Waals surface area contributed by atoms with Gasteiger partial charge in [-0.3, -0.25) is 24.1 Å². The number of hydrogen-bond acceptors (Lipinski definition) is 6. The van der Waals surface area contributed by atoms with Crippen LogP contribution in [0.1, 0.15) is 15.9 Å². The molecule has 1 aliphatic rings. The number of benzene rings is 1. The second-order valence-corrected chi connectivity index (χ2v) is 7.36. The average molecular weight is 434 g/mol. The maximum Gasteiger partial charge on any atom is 0.293 e. The largest absolute Gasteiger partial charge is 0.472 e. The molecule has 3 rings (SSSR count). The standard InChI is InChI=1S/C19H16ClN3O5S/c20-14-3-1-12(2-4-14)9-15-18(26)23(19(27)29-15)7-6-21-16(24)10-22-17(25)13-5-8-28-11-13/h1-5,8-9,11H,6-7,10H2,(H,21,24)(H,22,25)/b15-9-. The molecule has 1 aromatic carbocycles. The van der Waals surface area contributed by atoms with Gasteiger partial charge < -0.3 is 15.1 Å². The van der Waals surface area contributed by atoms with Crippen molar-refractivity contribution in [2.24, 2.45) is 0 Å². The van der Waals surface area contributed by atoms with Crippen LogP contribution in [0.4, 0.5) is 4.79 Å². The van der Waals surface area contributed by atoms with Crippen molar-refractivity contribution in [2.75, 3.05) is 19.6 Å². The zero-order valence-electron chi connectivity index (χ0n) is 15.0. The highest BCUT2D eigenvalue weighted by Crippen LogP contribution is 2.32. The number of nitrogens with zero attached hydrogens (tertiary/aromatic N) is 1. The molecule has 0 atom stereocenters. The number of thioether (sulfide) groups is 1. The smallest absolute Gasteiger partial charge is 0.293 e. The van der Waals surface area contributed by atoms with Crippen LogP contribution < -0.4 is 10.6 Å². The molecule has 0 saturated carbocycles. The van der Waals surface area contributed by atoms with Crippen LogP contribution in [0.2, 0.25) is 5.02 Å². The Hall–Kier alpha value is -3.04. The first-order chi connectivity index (χ1) is 13.9. The summed E-state index contributed by atoms with van der Waals surface area (Å²) in [7, 11) is 0. The van der Waals surface area contributed by atoms with Gasteiger partial charge in [-0.2, -0.15) is 0 Å². The number of carbonyl (C=O) groups is 4. The highest BCUT2D eigenvalue weighted by Gasteiger charge is 2.34. The molecule has 2 N–H and O–H groups in total. The first kappa shape index (κ1) is 20.7. The zero-order valence-corrected chi connectivity index (χ0v) is 16.6. The van der Waals surface area contributed by atoms with E-state index in [0.717, 1.165) is 22.2 Å². The highest BCUT2D eigenvalue weighted by atomic mass is 35.5. The van der Waals surface area contributed by atoms with Crippen molar-refractivity contribution in [3.8, 4) is 0 Å². The van der Waals surface area contributed by atoms with E-state index in [0.29, 0.717) is 15.5 Å². The summed E-state index contributed by atoms with van der Waals surface area (Å²) in [6, 6.07) is 8.35. The Morgan fingerprint density at radius 3 is 2.59 bits per heavy atom. The molecule has 0 aliphatic carbocycles. The fourth-order valence-electron chi connectivity index (χ4n) is 2.43. The summed E-state index contributed by atoms with van der Waals surface area (Å²) in [6.45, 7) is -0.126. The third-order valence-corrected chi connectivity index (χ3v) is 5.05. The van der Waals surface area contributed by atoms with E-state index in [4.69, 9.17) is 16.0 Å². The van der Waals surface area contributed by atoms with Gasteiger partial charge in [0.05, 0.1) is 23.3 Å². The van der Waals surface area contributed by atoms with Crippen LogP contribution in [0.25, 0.3) is 6.08 Å². The molecule has 0 bridgehead atoms. The van der Waals surface area contributed by atoms with Gasteiger partial charge in [0.15, 0.2) is 0 Å². The minimum atomic E-state index is -0.439. The van der Waals surface area contributed by atoms with Crippen molar-refractivity contribution >= 4 is 52.4 Å². The van der Waals surface area contributed by atoms with Crippen molar-refractivity contribution in [3.05, 3.63) is 63.9 Å². The van der Waals surface area contributed by atoms with E-state index in [2.05, 4.69) is 10.6 Å². The van der Waals surface area contributed by atoms with E-state index in [1.54, 1.807) is 30.3 Å². The Balaban J connectivity index is 1.46. The number of halogens is 1. The van der Waals surface area contributed by atoms with E-state index < -0.39 is 23.0 Å². The molecule has 2 aromatic rings. The van der Waals surface area contributed by atoms with Crippen LogP contribution in [0.3, 0.4) is 0 Å². The summed E-state index contributed by atoms with van der Waals surface area (Å²) in [4.78, 5) is 49.4. The first-order valence-electron chi connectivity index (χ1n) is 8.52. The highest BCUT2D eigenvalue weighted by molar-refractivity contribution is 8.18. The van der Waals surface area contributed by atoms with E-state index in [1.165, 1.54) is 18.6 Å². The first-order valence-corrected chi connectivity index (χ1v) is 9.71. The number of hydrogen-bond donors (Lipinski definition) is 2. The Morgan fingerprint density at radius 2 is 1.90 bits per heavy atom. The van der Waals surface area contributed by atoms with E-state index >= 15 is 0 Å². The van der Waals surface area contributed by atoms with E-state index in [1.807, 2.05) is 0 Å². The molecule has 4 amide bonds. The van der Waals surface area contributed by atoms with Crippen LogP contribution in [-0.2, 0) is 9.59 Å². The molecule has 150 valence electrons. The quantitative estimate of drug-likeness (QED) is 0.649. The second kappa shape index (κ2) is 9.44. The molecule has 29 heavy (non-hydrogen) atoms. The Labute approximate surface area is 175 Å². The lowest BCUT2D eigenvalue weighted by atomic mass is 10.2. The van der Waals surface area contributed by atoms with Gasteiger partial charge in [-0.25, -0.2) is 0 Å². The predicted molar refractivity (Wildman–Crippen MR) is 108 cm³/mol. The van der Waals surface area contributed by atoms with Crippen molar-refractivity contribution in [3.63, 3.8) is 0 Å². The maximum absolute atomic E-state index is 12.4. The molecule has 1 aromatic heterocycles. The Kier molecular flexibility index (Phi) is 6.73. The monoisotopic (exact) mass is 433 g/mol. The average Bonchev–Trinajstić information content (AvgIpc) is 3.32. The van der Waals surface area contributed by atoms with Crippen LogP contribution in [-0.4, -0.2) is 47.5 Å². The van der Waals surface area contributed by atoms with Crippen molar-refractivity contribution < 1.29 is 23.6 Å². The third-order valence-electron chi connectivity index (χ3n) is 3.89. The van der Waals surface area contributed by atoms with Crippen LogP contribution in [0.15, 0.2) is 52.2 Å². The van der Waals surface area contributed by atoms with Crippen LogP contribution in [0.5, 0.6) is 0 Å². The molecule has 1 aliphatic heterocycles. The fraction of sp³-hybridized carbons (Fsp3) is 0.158. The summed E-state index contributed by atoms with van der Waals surface area (Å²) in [5.74, 6) is -1.30. The van der Waals surface area contributed by atoms with Crippen LogP contribution in [0, 0.1) is 0 Å². The molecular formula is C19H16ClN3O5S. The minimum Gasteiger partial charge on any atom is -0.472 e. The lowest BCUT2D eigenvalue weighted by Crippen LogP contribution is -2.41. The molecule has 2 heterocycles. The molecular weight excluding hydrogens is 418 g/mol. The second-order valence-electron chi connectivity index (χ2n) is 5.93. The molecule has 0 spiro atoms. The third kappa shape index (κ3) is 5.49. The van der Waals surface area contributed by atoms with Gasteiger partial charge in [-0.05, 0) is 41.6 Å². The van der Waals surface area contributed by atoms with E-state index in [9.17, 15) is 19.2 Å². The summed E-state index contributed by atoms with van der Waals surface area (Å²) in [5.41, 5.74) is 1.06. The summed E-state index contributed by atoms with van der Waals surface area (Å²) in [5, 5.41) is 5.16. The summed E-state index contributed by atoms with van der Waals surface area (Å²) in [6.07, 6.45) is 4.24. The van der Waals surface area contributed by atoms with Gasteiger partial charge in [0.2, 0.25) is 5.91 Å². The van der Waals surface area contributed by atoms with Gasteiger partial charge >= 0.3 is 0 Å². The van der Waals surface area contributed by atoms with Gasteiger partial charge in [0.1, 0.15) is 6.26 Å². The number of furan rings is 1. The molecule has 1 fully saturated rings. The zero-order chi connectivity index (χ0) is 20.8. The summed E-state index contributed by atoms with van der Waals surface area (Å²) >= 11 is 6.67. The number of amides is 4. The maximum atomic E-state index is 12.4. The van der Waals surface area contributed by atoms with Gasteiger partial charge in [0.25, 0.3) is 17.1 Å². The van der Waals surface area contributed by atoms with Gasteiger partial charge in [0, 0.05) is 18.1 Å². The number of imide groups is 1. The van der Waals surface area contributed by atoms with Crippen LogP contribution >= 0.6 is 23.4 Å². The summed E-state index contributed by atoms with van der Waals surface area (Å²) < 4.78 is 4.79. The van der Waals surface area contributed by atoms with Crippen molar-refractivity contribution in [1.29, 1.82) is 0 Å². The Bertz CT molecular complexity index is 957. The topological polar surface area (TPSA) is 109 Å². The number of nitrogens with one attached hydrogen (secondary N) is 2. The number of carbonyl (C=O) groups excluding carboxylic acids is 4. The van der Waals surface area contributed by atoms with E-state index in [-0.39, 0.29) is 19.6 Å². The molecule has 10 heteroatoms. The molecule has 8 nitrogen and oxygen atoms in total. The SMILES string of the molecule is O=C(CNC(=O)c1ccoc1)NCCN1C(=O)S/C(=C\c2ccc(Cl)cc2)C1=O. The predicted octanol–water partition coefficient (Wildman–Crippen LogP) is 2.52. The van der Waals surface area contributed by atoms with Gasteiger partial charge in [-0.1, -0.05) is 23.7 Å². The van der Waals surface area contributed by atoms with Crippen molar-refractivity contribution in [1.82, 2.24) is 15.5 Å². The fourth-order valence-corrected chi connectivity index (χ4v) is 3.42. The normalized spacial score (nSPS) is 15.1. The Morgan fingerprint density at radius 1 is 1.14 bits per heavy atom. The minimum absolute atomic E-state index is 0.0318. The molecule has 0 radical (unpaired) electrons.